The van der Waals surface area contributed by atoms with E-state index in [4.69, 9.17) is 5.11 Å². The van der Waals surface area contributed by atoms with Crippen LogP contribution in [-0.2, 0) is 4.79 Å². The number of aromatic nitrogens is 2. The second-order valence-electron chi connectivity index (χ2n) is 4.00. The predicted molar refractivity (Wildman–Crippen MR) is 74.5 cm³/mol. The molecule has 4 nitrogen and oxygen atoms in total. The molecule has 0 radical (unpaired) electrons. The van der Waals surface area contributed by atoms with Gasteiger partial charge in [-0.3, -0.25) is 4.79 Å². The van der Waals surface area contributed by atoms with E-state index in [-0.39, 0.29) is 0 Å². The number of hydrogen-bond donors (Lipinski definition) is 1. The summed E-state index contributed by atoms with van der Waals surface area (Å²) in [6.45, 7) is 5.95. The average molecular weight is 282 g/mol. The summed E-state index contributed by atoms with van der Waals surface area (Å²) in [4.78, 5) is 21.7. The fourth-order valence-corrected chi connectivity index (χ4v) is 3.76. The van der Waals surface area contributed by atoms with Gasteiger partial charge < -0.3 is 5.11 Å². The van der Waals surface area contributed by atoms with Crippen LogP contribution in [0.5, 0.6) is 0 Å². The van der Waals surface area contributed by atoms with E-state index in [0.29, 0.717) is 6.42 Å². The highest BCUT2D eigenvalue weighted by molar-refractivity contribution is 8.00. The minimum atomic E-state index is -0.793. The Morgan fingerprint density at radius 3 is 2.83 bits per heavy atom. The molecular weight excluding hydrogens is 268 g/mol. The van der Waals surface area contributed by atoms with Crippen molar-refractivity contribution in [2.45, 2.75) is 37.5 Å². The number of carbonyl (C=O) groups is 1. The smallest absolute Gasteiger partial charge is 0.317 e. The fourth-order valence-electron chi connectivity index (χ4n) is 1.68. The molecule has 0 saturated carbocycles. The highest BCUT2D eigenvalue weighted by Crippen LogP contribution is 2.36. The fraction of sp³-hybridized carbons (Fsp3) is 0.417. The molecule has 2 aromatic heterocycles. The summed E-state index contributed by atoms with van der Waals surface area (Å²) in [6.07, 6.45) is 2.09. The molecule has 0 aliphatic heterocycles. The average Bonchev–Trinajstić information content (AvgIpc) is 2.62. The third-order valence-electron chi connectivity index (χ3n) is 2.83. The number of carboxylic acids is 1. The Labute approximate surface area is 113 Å². The summed E-state index contributed by atoms with van der Waals surface area (Å²) in [5.41, 5.74) is 1.15. The van der Waals surface area contributed by atoms with Gasteiger partial charge in [0, 0.05) is 10.3 Å². The van der Waals surface area contributed by atoms with Gasteiger partial charge >= 0.3 is 5.97 Å². The van der Waals surface area contributed by atoms with Crippen molar-refractivity contribution in [2.24, 2.45) is 0 Å². The zero-order valence-corrected chi connectivity index (χ0v) is 12.1. The second kappa shape index (κ2) is 5.24. The van der Waals surface area contributed by atoms with Crippen LogP contribution in [0.25, 0.3) is 10.2 Å². The van der Waals surface area contributed by atoms with Crippen molar-refractivity contribution in [2.75, 3.05) is 0 Å². The zero-order chi connectivity index (χ0) is 13.3. The lowest BCUT2D eigenvalue weighted by atomic mass is 10.2. The number of carboxylic acid groups (broad SMARTS) is 1. The third-order valence-corrected chi connectivity index (χ3v) is 5.30. The molecule has 96 valence electrons. The first-order valence-electron chi connectivity index (χ1n) is 5.64. The molecule has 0 aliphatic rings. The Balaban J connectivity index is 2.47. The van der Waals surface area contributed by atoms with Gasteiger partial charge in [0.2, 0.25) is 0 Å². The maximum Gasteiger partial charge on any atom is 0.317 e. The van der Waals surface area contributed by atoms with E-state index in [1.54, 1.807) is 11.3 Å². The van der Waals surface area contributed by atoms with Crippen molar-refractivity contribution < 1.29 is 9.90 Å². The lowest BCUT2D eigenvalue weighted by Crippen LogP contribution is -2.15. The van der Waals surface area contributed by atoms with Crippen LogP contribution < -0.4 is 0 Å². The summed E-state index contributed by atoms with van der Waals surface area (Å²) in [6, 6.07) is 0. The summed E-state index contributed by atoms with van der Waals surface area (Å²) in [5, 5.41) is 10.4. The van der Waals surface area contributed by atoms with Gasteiger partial charge in [0.15, 0.2) is 0 Å². The standard InChI is InChI=1S/C12H14N2O2S2/c1-4-8(12(15)16)18-11-9-6(2)7(3)17-10(9)13-5-14-11/h5,8H,4H2,1-3H3,(H,15,16)/t8-/m1/s1. The van der Waals surface area contributed by atoms with Crippen LogP contribution in [0.4, 0.5) is 0 Å². The van der Waals surface area contributed by atoms with Crippen LogP contribution in [0, 0.1) is 13.8 Å². The maximum absolute atomic E-state index is 11.1. The molecular formula is C12H14N2O2S2. The maximum atomic E-state index is 11.1. The van der Waals surface area contributed by atoms with Crippen molar-refractivity contribution in [3.8, 4) is 0 Å². The minimum absolute atomic E-state index is 0.456. The van der Waals surface area contributed by atoms with E-state index in [9.17, 15) is 4.79 Å². The summed E-state index contributed by atoms with van der Waals surface area (Å²) in [5.74, 6) is -0.793. The number of aliphatic carboxylic acids is 1. The molecule has 6 heteroatoms. The summed E-state index contributed by atoms with van der Waals surface area (Å²) < 4.78 is 0. The molecule has 0 aliphatic carbocycles. The van der Waals surface area contributed by atoms with Crippen molar-refractivity contribution in [1.29, 1.82) is 0 Å². The molecule has 0 bridgehead atoms. The molecule has 0 unspecified atom stereocenters. The highest BCUT2D eigenvalue weighted by Gasteiger charge is 2.20. The minimum Gasteiger partial charge on any atom is -0.480 e. The molecule has 0 fully saturated rings. The lowest BCUT2D eigenvalue weighted by molar-refractivity contribution is -0.136. The Bertz CT molecular complexity index is 595. The van der Waals surface area contributed by atoms with Crippen LogP contribution in [0.3, 0.4) is 0 Å². The lowest BCUT2D eigenvalue weighted by Gasteiger charge is -2.09. The van der Waals surface area contributed by atoms with Crippen LogP contribution >= 0.6 is 23.1 Å². The van der Waals surface area contributed by atoms with Gasteiger partial charge in [-0.05, 0) is 25.8 Å². The molecule has 1 N–H and O–H groups in total. The molecule has 0 spiro atoms. The molecule has 2 heterocycles. The van der Waals surface area contributed by atoms with Crippen molar-refractivity contribution >= 4 is 39.3 Å². The number of rotatable bonds is 4. The first kappa shape index (κ1) is 13.3. The van der Waals surface area contributed by atoms with E-state index in [1.165, 1.54) is 23.0 Å². The number of fused-ring (bicyclic) bond motifs is 1. The second-order valence-corrected chi connectivity index (χ2v) is 6.39. The summed E-state index contributed by atoms with van der Waals surface area (Å²) in [7, 11) is 0. The Hall–Kier alpha value is -1.14. The van der Waals surface area contributed by atoms with Crippen molar-refractivity contribution in [3.63, 3.8) is 0 Å². The topological polar surface area (TPSA) is 63.1 Å². The van der Waals surface area contributed by atoms with Crippen LogP contribution in [0.15, 0.2) is 11.4 Å². The van der Waals surface area contributed by atoms with E-state index < -0.39 is 11.2 Å². The van der Waals surface area contributed by atoms with E-state index in [2.05, 4.69) is 9.97 Å². The quantitative estimate of drug-likeness (QED) is 0.689. The van der Waals surface area contributed by atoms with Gasteiger partial charge in [-0.25, -0.2) is 9.97 Å². The van der Waals surface area contributed by atoms with E-state index in [0.717, 1.165) is 20.8 Å². The van der Waals surface area contributed by atoms with Gasteiger partial charge in [0.25, 0.3) is 0 Å². The Kier molecular flexibility index (Phi) is 3.87. The normalized spacial score (nSPS) is 12.8. The van der Waals surface area contributed by atoms with Gasteiger partial charge in [-0.15, -0.1) is 11.3 Å². The molecule has 0 amide bonds. The molecule has 1 atom stereocenters. The number of nitrogens with zero attached hydrogens (tertiary/aromatic N) is 2. The molecule has 0 aromatic carbocycles. The Morgan fingerprint density at radius 2 is 2.22 bits per heavy atom. The van der Waals surface area contributed by atoms with Crippen LogP contribution in [0.1, 0.15) is 23.8 Å². The van der Waals surface area contributed by atoms with Crippen molar-refractivity contribution in [3.05, 3.63) is 16.8 Å². The van der Waals surface area contributed by atoms with Gasteiger partial charge in [0.05, 0.1) is 0 Å². The largest absolute Gasteiger partial charge is 0.480 e. The van der Waals surface area contributed by atoms with Crippen LogP contribution in [-0.4, -0.2) is 26.3 Å². The molecule has 0 saturated heterocycles. The van der Waals surface area contributed by atoms with Gasteiger partial charge in [0.1, 0.15) is 21.4 Å². The zero-order valence-electron chi connectivity index (χ0n) is 10.4. The number of aryl methyl sites for hydroxylation is 2. The molecule has 2 rings (SSSR count). The Morgan fingerprint density at radius 1 is 1.50 bits per heavy atom. The van der Waals surface area contributed by atoms with E-state index in [1.807, 2.05) is 20.8 Å². The van der Waals surface area contributed by atoms with Gasteiger partial charge in [-0.1, -0.05) is 18.7 Å². The highest BCUT2D eigenvalue weighted by atomic mass is 32.2. The van der Waals surface area contributed by atoms with E-state index >= 15 is 0 Å². The molecule has 2 aromatic rings. The predicted octanol–water partition coefficient (Wildman–Crippen LogP) is 3.26. The van der Waals surface area contributed by atoms with Gasteiger partial charge in [-0.2, -0.15) is 0 Å². The SMILES string of the molecule is CC[C@@H](Sc1ncnc2sc(C)c(C)c12)C(=O)O. The number of hydrogen-bond acceptors (Lipinski definition) is 5. The monoisotopic (exact) mass is 282 g/mol. The molecule has 18 heavy (non-hydrogen) atoms. The number of thiophene rings is 1. The van der Waals surface area contributed by atoms with Crippen LogP contribution in [0.2, 0.25) is 0 Å². The van der Waals surface area contributed by atoms with Crippen molar-refractivity contribution in [1.82, 2.24) is 9.97 Å². The first-order chi connectivity index (χ1) is 8.54. The first-order valence-corrected chi connectivity index (χ1v) is 7.34. The summed E-state index contributed by atoms with van der Waals surface area (Å²) >= 11 is 2.93. The third kappa shape index (κ3) is 2.35. The number of thioether (sulfide) groups is 1.